The fraction of sp³-hybridized carbons (Fsp3) is 0.727. The number of amides is 2. The van der Waals surface area contributed by atoms with E-state index in [1.165, 1.54) is 19.3 Å². The van der Waals surface area contributed by atoms with Crippen LogP contribution in [0.1, 0.15) is 97.6 Å². The summed E-state index contributed by atoms with van der Waals surface area (Å²) in [5.41, 5.74) is 0.951. The molecule has 2 amide bonds. The van der Waals surface area contributed by atoms with E-state index in [1.807, 2.05) is 47.6 Å². The van der Waals surface area contributed by atoms with Crippen LogP contribution in [0, 0.1) is 11.7 Å². The number of hydrogen-bond acceptors (Lipinski definition) is 6. The molecule has 3 saturated heterocycles. The SMILES string of the molecule is CC(C)(C)OC(=O)N1CCC(=O)CC1.CC(C)(C)OC(=O)N1CCC(Cc2ccc(CN3CCCCC3)cc2F)CC1. The number of halogens is 1. The molecule has 236 valence electrons. The Kier molecular flexibility index (Phi) is 12.2. The van der Waals surface area contributed by atoms with Gasteiger partial charge in [0.15, 0.2) is 0 Å². The average molecular weight is 590 g/mol. The fourth-order valence-electron chi connectivity index (χ4n) is 5.45. The Balaban J connectivity index is 0.000000291. The summed E-state index contributed by atoms with van der Waals surface area (Å²) < 4.78 is 25.3. The van der Waals surface area contributed by atoms with Crippen molar-refractivity contribution in [3.8, 4) is 0 Å². The molecule has 1 aromatic rings. The van der Waals surface area contributed by atoms with Crippen LogP contribution in [-0.2, 0) is 27.2 Å². The molecule has 9 heteroatoms. The number of carbonyl (C=O) groups excluding carboxylic acids is 3. The molecule has 0 spiro atoms. The summed E-state index contributed by atoms with van der Waals surface area (Å²) in [6, 6.07) is 5.78. The third kappa shape index (κ3) is 11.9. The van der Waals surface area contributed by atoms with E-state index in [0.717, 1.165) is 50.0 Å². The molecule has 3 aliphatic rings. The zero-order valence-corrected chi connectivity index (χ0v) is 26.7. The molecule has 3 heterocycles. The molecule has 1 aromatic carbocycles. The number of ether oxygens (including phenoxy) is 2. The quantitative estimate of drug-likeness (QED) is 0.394. The largest absolute Gasteiger partial charge is 0.444 e. The van der Waals surface area contributed by atoms with Crippen LogP contribution in [-0.4, -0.2) is 83.1 Å². The normalized spacial score (nSPS) is 19.2. The molecule has 0 N–H and O–H groups in total. The fourth-order valence-corrected chi connectivity index (χ4v) is 5.45. The van der Waals surface area contributed by atoms with Gasteiger partial charge in [-0.1, -0.05) is 18.6 Å². The van der Waals surface area contributed by atoms with E-state index in [0.29, 0.717) is 44.9 Å². The molecule has 0 atom stereocenters. The van der Waals surface area contributed by atoms with Gasteiger partial charge in [-0.3, -0.25) is 9.69 Å². The molecule has 42 heavy (non-hydrogen) atoms. The molecule has 8 nitrogen and oxygen atoms in total. The van der Waals surface area contributed by atoms with Crippen LogP contribution in [0.3, 0.4) is 0 Å². The minimum Gasteiger partial charge on any atom is -0.444 e. The monoisotopic (exact) mass is 589 g/mol. The number of hydrogen-bond donors (Lipinski definition) is 0. The van der Waals surface area contributed by atoms with Gasteiger partial charge in [0.25, 0.3) is 0 Å². The lowest BCUT2D eigenvalue weighted by Gasteiger charge is -2.33. The van der Waals surface area contributed by atoms with Crippen molar-refractivity contribution in [2.75, 3.05) is 39.3 Å². The summed E-state index contributed by atoms with van der Waals surface area (Å²) in [4.78, 5) is 40.4. The molecule has 0 aromatic heterocycles. The van der Waals surface area contributed by atoms with Gasteiger partial charge in [0.2, 0.25) is 0 Å². The molecule has 3 aliphatic heterocycles. The van der Waals surface area contributed by atoms with Gasteiger partial charge in [-0.2, -0.15) is 0 Å². The molecular weight excluding hydrogens is 537 g/mol. The lowest BCUT2D eigenvalue weighted by Crippen LogP contribution is -2.42. The van der Waals surface area contributed by atoms with Crippen LogP contribution in [0.15, 0.2) is 18.2 Å². The van der Waals surface area contributed by atoms with Gasteiger partial charge in [-0.25, -0.2) is 14.0 Å². The van der Waals surface area contributed by atoms with Gasteiger partial charge in [0.1, 0.15) is 22.8 Å². The van der Waals surface area contributed by atoms with E-state index in [1.54, 1.807) is 15.9 Å². The summed E-state index contributed by atoms with van der Waals surface area (Å²) in [7, 11) is 0. The smallest absolute Gasteiger partial charge is 0.410 e. The standard InChI is InChI=1S/C23H35FN2O2.C10H17NO3/c1-23(2,3)28-22(27)26-13-9-18(10-14-26)15-20-8-7-19(16-21(20)24)17-25-11-5-4-6-12-25;1-10(2,3)14-9(13)11-6-4-8(12)5-7-11/h7-8,16,18H,4-6,9-15,17H2,1-3H3;4-7H2,1-3H3. The number of carbonyl (C=O) groups is 3. The molecule has 0 aliphatic carbocycles. The van der Waals surface area contributed by atoms with Crippen molar-refractivity contribution in [2.45, 2.75) is 111 Å². The van der Waals surface area contributed by atoms with E-state index in [9.17, 15) is 18.8 Å². The molecule has 0 unspecified atom stereocenters. The number of nitrogens with zero attached hydrogens (tertiary/aromatic N) is 3. The lowest BCUT2D eigenvalue weighted by atomic mass is 9.89. The number of likely N-dealkylation sites (tertiary alicyclic amines) is 3. The topological polar surface area (TPSA) is 79.4 Å². The molecule has 3 fully saturated rings. The zero-order chi connectivity index (χ0) is 30.9. The predicted molar refractivity (Wildman–Crippen MR) is 162 cm³/mol. The Labute approximate surface area is 251 Å². The average Bonchev–Trinajstić information content (AvgIpc) is 2.90. The number of rotatable bonds is 4. The summed E-state index contributed by atoms with van der Waals surface area (Å²) >= 11 is 0. The second-order valence-corrected chi connectivity index (χ2v) is 13.9. The molecular formula is C33H52FN3O5. The first-order valence-corrected chi connectivity index (χ1v) is 15.7. The van der Waals surface area contributed by atoms with Gasteiger partial charge in [0, 0.05) is 45.6 Å². The molecule has 0 radical (unpaired) electrons. The van der Waals surface area contributed by atoms with E-state index < -0.39 is 11.2 Å². The minimum absolute atomic E-state index is 0.0796. The Bertz CT molecular complexity index is 1040. The third-order valence-corrected chi connectivity index (χ3v) is 7.72. The second kappa shape index (κ2) is 15.2. The van der Waals surface area contributed by atoms with Crippen LogP contribution in [0.25, 0.3) is 0 Å². The van der Waals surface area contributed by atoms with Gasteiger partial charge < -0.3 is 19.3 Å². The Morgan fingerprint density at radius 2 is 1.33 bits per heavy atom. The summed E-state index contributed by atoms with van der Waals surface area (Å²) in [6.45, 7) is 16.6. The maximum atomic E-state index is 14.6. The number of benzene rings is 1. The number of piperidine rings is 3. The molecule has 0 saturated carbocycles. The van der Waals surface area contributed by atoms with Crippen molar-refractivity contribution in [2.24, 2.45) is 5.92 Å². The van der Waals surface area contributed by atoms with Crippen molar-refractivity contribution < 1.29 is 28.2 Å². The number of ketones is 1. The lowest BCUT2D eigenvalue weighted by molar-refractivity contribution is -0.121. The first-order chi connectivity index (χ1) is 19.7. The first-order valence-electron chi connectivity index (χ1n) is 15.7. The van der Waals surface area contributed by atoms with Crippen LogP contribution in [0.5, 0.6) is 0 Å². The van der Waals surface area contributed by atoms with Crippen molar-refractivity contribution >= 4 is 18.0 Å². The van der Waals surface area contributed by atoms with Crippen LogP contribution >= 0.6 is 0 Å². The van der Waals surface area contributed by atoms with Crippen molar-refractivity contribution in [1.29, 1.82) is 0 Å². The van der Waals surface area contributed by atoms with Gasteiger partial charge in [-0.05, 0) is 110 Å². The van der Waals surface area contributed by atoms with E-state index in [4.69, 9.17) is 9.47 Å². The second-order valence-electron chi connectivity index (χ2n) is 13.9. The maximum Gasteiger partial charge on any atom is 0.410 e. The van der Waals surface area contributed by atoms with Gasteiger partial charge in [0.05, 0.1) is 0 Å². The first kappa shape index (κ1) is 33.8. The van der Waals surface area contributed by atoms with Crippen LogP contribution < -0.4 is 0 Å². The highest BCUT2D eigenvalue weighted by molar-refractivity contribution is 5.81. The predicted octanol–water partition coefficient (Wildman–Crippen LogP) is 6.59. The van der Waals surface area contributed by atoms with Gasteiger partial charge >= 0.3 is 12.2 Å². The van der Waals surface area contributed by atoms with Gasteiger partial charge in [-0.15, -0.1) is 0 Å². The Morgan fingerprint density at radius 3 is 1.83 bits per heavy atom. The third-order valence-electron chi connectivity index (χ3n) is 7.72. The number of Topliss-reactive ketones (excluding diaryl/α,β-unsaturated/α-hetero) is 1. The van der Waals surface area contributed by atoms with Crippen molar-refractivity contribution in [3.63, 3.8) is 0 Å². The molecule has 0 bridgehead atoms. The summed E-state index contributed by atoms with van der Waals surface area (Å²) in [5.74, 6) is 0.565. The van der Waals surface area contributed by atoms with Crippen molar-refractivity contribution in [1.82, 2.24) is 14.7 Å². The highest BCUT2D eigenvalue weighted by atomic mass is 19.1. The summed E-state index contributed by atoms with van der Waals surface area (Å²) in [6.07, 6.45) is 6.73. The van der Waals surface area contributed by atoms with E-state index in [-0.39, 0.29) is 23.8 Å². The molecule has 4 rings (SSSR count). The van der Waals surface area contributed by atoms with Crippen LogP contribution in [0.2, 0.25) is 0 Å². The highest BCUT2D eigenvalue weighted by Crippen LogP contribution is 2.25. The summed E-state index contributed by atoms with van der Waals surface area (Å²) in [5, 5.41) is 0. The van der Waals surface area contributed by atoms with Crippen molar-refractivity contribution in [3.05, 3.63) is 35.1 Å². The van der Waals surface area contributed by atoms with E-state index in [2.05, 4.69) is 11.0 Å². The zero-order valence-electron chi connectivity index (χ0n) is 26.7. The Morgan fingerprint density at radius 1 is 0.810 bits per heavy atom. The minimum atomic E-state index is -0.465. The highest BCUT2D eigenvalue weighted by Gasteiger charge is 2.28. The van der Waals surface area contributed by atoms with E-state index >= 15 is 0 Å². The maximum absolute atomic E-state index is 14.6. The Hall–Kier alpha value is -2.68. The van der Waals surface area contributed by atoms with Crippen LogP contribution in [0.4, 0.5) is 14.0 Å².